The van der Waals surface area contributed by atoms with Gasteiger partial charge in [0.2, 0.25) is 0 Å². The molecule has 0 heterocycles. The number of nitrogens with zero attached hydrogens (tertiary/aromatic N) is 2. The lowest BCUT2D eigenvalue weighted by atomic mass is 10.0. The molecule has 2 aromatic rings. The number of amides is 1. The summed E-state index contributed by atoms with van der Waals surface area (Å²) < 4.78 is 13.8. The Bertz CT molecular complexity index is 700. The second-order valence-corrected chi connectivity index (χ2v) is 4.55. The fourth-order valence-corrected chi connectivity index (χ4v) is 2.17. The predicted octanol–water partition coefficient (Wildman–Crippen LogP) is 2.19. The molecule has 2 aromatic carbocycles. The van der Waals surface area contributed by atoms with E-state index in [0.29, 0.717) is 22.9 Å². The van der Waals surface area contributed by atoms with E-state index in [2.05, 4.69) is 5.16 Å². The number of oxime groups is 1. The first-order valence-electron chi connectivity index (χ1n) is 6.51. The van der Waals surface area contributed by atoms with Crippen LogP contribution in [0.5, 0.6) is 0 Å². The third kappa shape index (κ3) is 2.94. The summed E-state index contributed by atoms with van der Waals surface area (Å²) >= 11 is 0. The normalized spacial score (nSPS) is 11.6. The van der Waals surface area contributed by atoms with Gasteiger partial charge in [-0.3, -0.25) is 4.79 Å². The predicted molar refractivity (Wildman–Crippen MR) is 78.9 cm³/mol. The summed E-state index contributed by atoms with van der Waals surface area (Å²) in [5.41, 5.74) is 5.84. The maximum absolute atomic E-state index is 13.8. The Kier molecular flexibility index (Phi) is 4.37. The van der Waals surface area contributed by atoms with Crippen LogP contribution in [0.2, 0.25) is 0 Å². The van der Waals surface area contributed by atoms with Gasteiger partial charge in [0.25, 0.3) is 5.91 Å². The zero-order chi connectivity index (χ0) is 15.4. The van der Waals surface area contributed by atoms with Crippen LogP contribution in [0.3, 0.4) is 0 Å². The van der Waals surface area contributed by atoms with Gasteiger partial charge in [0.05, 0.1) is 6.54 Å². The molecule has 0 atom stereocenters. The summed E-state index contributed by atoms with van der Waals surface area (Å²) in [5, 5.41) is 12.4. The first kappa shape index (κ1) is 14.8. The van der Waals surface area contributed by atoms with Crippen molar-refractivity contribution in [3.63, 3.8) is 0 Å². The number of benzene rings is 2. The summed E-state index contributed by atoms with van der Waals surface area (Å²) in [6.45, 7) is 2.19. The average molecular weight is 289 g/mol. The molecule has 0 aliphatic heterocycles. The van der Waals surface area contributed by atoms with Crippen molar-refractivity contribution < 1.29 is 14.4 Å². The molecule has 0 spiro atoms. The van der Waals surface area contributed by atoms with Crippen molar-refractivity contribution >= 4 is 22.5 Å². The van der Waals surface area contributed by atoms with Crippen molar-refractivity contribution in [3.05, 3.63) is 47.8 Å². The molecule has 5 nitrogen and oxygen atoms in total. The number of nitrogens with two attached hydrogens (primary N) is 1. The third-order valence-electron chi connectivity index (χ3n) is 3.25. The van der Waals surface area contributed by atoms with Crippen molar-refractivity contribution in [1.29, 1.82) is 0 Å². The van der Waals surface area contributed by atoms with Gasteiger partial charge in [-0.25, -0.2) is 4.39 Å². The first-order chi connectivity index (χ1) is 10.1. The number of rotatable bonds is 4. The van der Waals surface area contributed by atoms with Gasteiger partial charge in [-0.05, 0) is 24.4 Å². The topological polar surface area (TPSA) is 78.9 Å². The largest absolute Gasteiger partial charge is 0.409 e. The van der Waals surface area contributed by atoms with E-state index in [0.717, 1.165) is 0 Å². The molecule has 0 unspecified atom stereocenters. The third-order valence-corrected chi connectivity index (χ3v) is 3.25. The van der Waals surface area contributed by atoms with Gasteiger partial charge in [0, 0.05) is 17.5 Å². The highest BCUT2D eigenvalue weighted by molar-refractivity contribution is 6.08. The molecular formula is C15H16FN3O2. The maximum atomic E-state index is 13.8. The van der Waals surface area contributed by atoms with Crippen LogP contribution in [0, 0.1) is 5.82 Å². The smallest absolute Gasteiger partial charge is 0.254 e. The molecule has 0 aliphatic rings. The zero-order valence-corrected chi connectivity index (χ0v) is 11.6. The number of carbonyl (C=O) groups excluding carboxylic acids is 1. The SMILES string of the molecule is CCN(C/C(N)=N/O)C(=O)c1ccc(F)c2ccccc12. The molecule has 6 heteroatoms. The molecule has 0 saturated heterocycles. The van der Waals surface area contributed by atoms with Crippen LogP contribution in [0.1, 0.15) is 17.3 Å². The monoisotopic (exact) mass is 289 g/mol. The van der Waals surface area contributed by atoms with Gasteiger partial charge in [-0.1, -0.05) is 29.4 Å². The fourth-order valence-electron chi connectivity index (χ4n) is 2.17. The van der Waals surface area contributed by atoms with Gasteiger partial charge in [0.1, 0.15) is 5.82 Å². The van der Waals surface area contributed by atoms with Crippen molar-refractivity contribution in [3.8, 4) is 0 Å². The standard InChI is InChI=1S/C15H16FN3O2/c1-2-19(9-14(17)18-21)15(20)12-7-8-13(16)11-6-4-3-5-10(11)12/h3-8,21H,2,9H2,1H3,(H2,17,18). The maximum Gasteiger partial charge on any atom is 0.254 e. The molecule has 1 amide bonds. The molecule has 0 bridgehead atoms. The average Bonchev–Trinajstić information content (AvgIpc) is 2.52. The molecule has 110 valence electrons. The molecule has 0 saturated carbocycles. The second kappa shape index (κ2) is 6.21. The Balaban J connectivity index is 2.46. The Morgan fingerprint density at radius 3 is 2.57 bits per heavy atom. The minimum absolute atomic E-state index is 0.0114. The number of hydrogen-bond acceptors (Lipinski definition) is 3. The van der Waals surface area contributed by atoms with Crippen molar-refractivity contribution in [2.75, 3.05) is 13.1 Å². The number of likely N-dealkylation sites (N-methyl/N-ethyl adjacent to an activating group) is 1. The van der Waals surface area contributed by atoms with E-state index in [4.69, 9.17) is 10.9 Å². The number of amidine groups is 1. The zero-order valence-electron chi connectivity index (χ0n) is 11.6. The molecule has 2 rings (SSSR count). The van der Waals surface area contributed by atoms with Gasteiger partial charge in [-0.2, -0.15) is 0 Å². The Hall–Kier alpha value is -2.63. The lowest BCUT2D eigenvalue weighted by Gasteiger charge is -2.21. The fraction of sp³-hybridized carbons (Fsp3) is 0.200. The quantitative estimate of drug-likeness (QED) is 0.392. The van der Waals surface area contributed by atoms with Crippen LogP contribution < -0.4 is 5.73 Å². The lowest BCUT2D eigenvalue weighted by molar-refractivity contribution is 0.0788. The Labute approximate surface area is 121 Å². The highest BCUT2D eigenvalue weighted by atomic mass is 19.1. The summed E-state index contributed by atoms with van der Waals surface area (Å²) in [6, 6.07) is 9.51. The van der Waals surface area contributed by atoms with E-state index in [9.17, 15) is 9.18 Å². The highest BCUT2D eigenvalue weighted by Gasteiger charge is 2.18. The van der Waals surface area contributed by atoms with Crippen LogP contribution in [0.15, 0.2) is 41.6 Å². The molecule has 0 radical (unpaired) electrons. The van der Waals surface area contributed by atoms with Gasteiger partial charge >= 0.3 is 0 Å². The molecule has 3 N–H and O–H groups in total. The number of fused-ring (bicyclic) bond motifs is 1. The number of carbonyl (C=O) groups is 1. The van der Waals surface area contributed by atoms with Gasteiger partial charge in [-0.15, -0.1) is 0 Å². The molecule has 0 aliphatic carbocycles. The van der Waals surface area contributed by atoms with E-state index < -0.39 is 0 Å². The van der Waals surface area contributed by atoms with Crippen LogP contribution in [0.4, 0.5) is 4.39 Å². The van der Waals surface area contributed by atoms with E-state index in [1.54, 1.807) is 31.2 Å². The van der Waals surface area contributed by atoms with Crippen molar-refractivity contribution in [2.24, 2.45) is 10.9 Å². The van der Waals surface area contributed by atoms with Crippen LogP contribution in [-0.4, -0.2) is 34.9 Å². The first-order valence-corrected chi connectivity index (χ1v) is 6.51. The molecule has 21 heavy (non-hydrogen) atoms. The lowest BCUT2D eigenvalue weighted by Crippen LogP contribution is -2.38. The van der Waals surface area contributed by atoms with E-state index in [1.807, 2.05) is 0 Å². The van der Waals surface area contributed by atoms with Gasteiger partial charge < -0.3 is 15.8 Å². The highest BCUT2D eigenvalue weighted by Crippen LogP contribution is 2.23. The summed E-state index contributed by atoms with van der Waals surface area (Å²) in [6.07, 6.45) is 0. The molecule has 0 fully saturated rings. The summed E-state index contributed by atoms with van der Waals surface area (Å²) in [5.74, 6) is -0.724. The Morgan fingerprint density at radius 1 is 1.29 bits per heavy atom. The summed E-state index contributed by atoms with van der Waals surface area (Å²) in [7, 11) is 0. The van der Waals surface area contributed by atoms with Crippen LogP contribution >= 0.6 is 0 Å². The minimum atomic E-state index is -0.373. The summed E-state index contributed by atoms with van der Waals surface area (Å²) in [4.78, 5) is 14.0. The number of hydrogen-bond donors (Lipinski definition) is 2. The minimum Gasteiger partial charge on any atom is -0.409 e. The second-order valence-electron chi connectivity index (χ2n) is 4.55. The molecule has 0 aromatic heterocycles. The van der Waals surface area contributed by atoms with Gasteiger partial charge in [0.15, 0.2) is 5.84 Å². The number of halogens is 1. The van der Waals surface area contributed by atoms with E-state index >= 15 is 0 Å². The Morgan fingerprint density at radius 2 is 1.95 bits per heavy atom. The van der Waals surface area contributed by atoms with E-state index in [-0.39, 0.29) is 24.1 Å². The molecular weight excluding hydrogens is 273 g/mol. The van der Waals surface area contributed by atoms with Crippen LogP contribution in [-0.2, 0) is 0 Å². The van der Waals surface area contributed by atoms with E-state index in [1.165, 1.54) is 17.0 Å². The van der Waals surface area contributed by atoms with Crippen molar-refractivity contribution in [2.45, 2.75) is 6.92 Å². The van der Waals surface area contributed by atoms with Crippen molar-refractivity contribution in [1.82, 2.24) is 4.90 Å². The van der Waals surface area contributed by atoms with Crippen LogP contribution in [0.25, 0.3) is 10.8 Å².